The Labute approximate surface area is 314 Å². The lowest BCUT2D eigenvalue weighted by molar-refractivity contribution is 0.332. The summed E-state index contributed by atoms with van der Waals surface area (Å²) in [6.07, 6.45) is 2.36. The minimum Gasteiger partial charge on any atom is -0.454 e. The standard InChI is InChI=1S/C48H40BN2OS/c1-26-22-33(29-14-11-15-32-42(29)50-43-31-13-8-10-17-40(31)53-46(32)43)41-38(23-26)51(37-25-35-34(24-27(37)2)47(3,4)20-21-48(35,5)6)44-36(49-41)19-18-30-28-12-7-9-16-39(28)52-45(30)44/h7-19,22-25,50H,20-21H2,1-6H3. The van der Waals surface area contributed by atoms with Crippen LogP contribution in [0.3, 0.4) is 0 Å². The summed E-state index contributed by atoms with van der Waals surface area (Å²) >= 11 is 1.88. The van der Waals surface area contributed by atoms with Crippen LogP contribution < -0.4 is 15.8 Å². The second kappa shape index (κ2) is 10.7. The Morgan fingerprint density at radius 2 is 1.42 bits per heavy atom. The second-order valence-corrected chi connectivity index (χ2v) is 17.9. The maximum Gasteiger partial charge on any atom is 0.198 e. The van der Waals surface area contributed by atoms with Gasteiger partial charge in [-0.25, -0.2) is 0 Å². The van der Waals surface area contributed by atoms with Gasteiger partial charge in [0.2, 0.25) is 0 Å². The van der Waals surface area contributed by atoms with Gasteiger partial charge in [0.1, 0.15) is 5.58 Å². The molecule has 1 N–H and O–H groups in total. The number of hydrogen-bond acceptors (Lipinski definition) is 3. The molecular formula is C48H40BN2OS. The van der Waals surface area contributed by atoms with Crippen LogP contribution in [0.4, 0.5) is 17.1 Å². The zero-order valence-corrected chi connectivity index (χ0v) is 31.9. The van der Waals surface area contributed by atoms with Crippen molar-refractivity contribution in [1.82, 2.24) is 4.98 Å². The molecule has 0 saturated carbocycles. The van der Waals surface area contributed by atoms with E-state index in [1.165, 1.54) is 94.3 Å². The summed E-state index contributed by atoms with van der Waals surface area (Å²) in [6, 6.07) is 38.3. The molecule has 5 heteroatoms. The number of hydrogen-bond donors (Lipinski definition) is 1. The molecule has 1 aliphatic carbocycles. The maximum atomic E-state index is 6.84. The Hall–Kier alpha value is -5.26. The molecule has 0 bridgehead atoms. The normalized spacial score (nSPS) is 16.0. The molecule has 3 aromatic heterocycles. The molecule has 53 heavy (non-hydrogen) atoms. The minimum atomic E-state index is 0.0737. The number of para-hydroxylation sites is 2. The van der Waals surface area contributed by atoms with Crippen LogP contribution in [0.1, 0.15) is 62.8 Å². The van der Waals surface area contributed by atoms with E-state index in [0.29, 0.717) is 0 Å². The second-order valence-electron chi connectivity index (χ2n) is 16.8. The molecule has 0 fully saturated rings. The smallest absolute Gasteiger partial charge is 0.198 e. The fraction of sp³-hybridized carbons (Fsp3) is 0.208. The number of benzene rings is 6. The lowest BCUT2D eigenvalue weighted by Crippen LogP contribution is -2.41. The molecule has 0 saturated heterocycles. The van der Waals surface area contributed by atoms with E-state index in [9.17, 15) is 0 Å². The first-order chi connectivity index (χ1) is 25.6. The molecule has 9 aromatic rings. The van der Waals surface area contributed by atoms with E-state index in [2.05, 4.69) is 162 Å². The van der Waals surface area contributed by atoms with E-state index < -0.39 is 0 Å². The van der Waals surface area contributed by atoms with Crippen LogP contribution in [-0.4, -0.2) is 12.3 Å². The number of anilines is 3. The summed E-state index contributed by atoms with van der Waals surface area (Å²) in [5, 5.41) is 4.87. The molecule has 11 rings (SSSR count). The molecule has 0 atom stereocenters. The first kappa shape index (κ1) is 31.3. The van der Waals surface area contributed by atoms with E-state index in [1.54, 1.807) is 0 Å². The highest BCUT2D eigenvalue weighted by molar-refractivity contribution is 7.26. The molecule has 2 aliphatic rings. The first-order valence-corrected chi connectivity index (χ1v) is 19.7. The molecule has 0 amide bonds. The van der Waals surface area contributed by atoms with Gasteiger partial charge in [-0.3, -0.25) is 0 Å². The monoisotopic (exact) mass is 703 g/mol. The van der Waals surface area contributed by atoms with E-state index in [0.717, 1.165) is 33.1 Å². The number of nitrogens with one attached hydrogen (secondary N) is 1. The number of thiophene rings is 1. The van der Waals surface area contributed by atoms with Crippen molar-refractivity contribution in [2.45, 2.75) is 65.2 Å². The van der Waals surface area contributed by atoms with Crippen molar-refractivity contribution in [3.63, 3.8) is 0 Å². The topological polar surface area (TPSA) is 32.2 Å². The van der Waals surface area contributed by atoms with Gasteiger partial charge in [0.25, 0.3) is 0 Å². The molecule has 0 spiro atoms. The summed E-state index contributed by atoms with van der Waals surface area (Å²) in [5.74, 6) is 0. The summed E-state index contributed by atoms with van der Waals surface area (Å²) < 4.78 is 9.48. The molecule has 0 unspecified atom stereocenters. The SMILES string of the molecule is Cc1cc(-c2cccc3c2[nH]c2c4ccccc4sc32)c2c(c1)N(c1cc3c(cc1C)C(C)(C)CCC3(C)C)c1c(ccc3c1oc1ccccc13)[B]2. The molecule has 4 heterocycles. The lowest BCUT2D eigenvalue weighted by atomic mass is 9.57. The van der Waals surface area contributed by atoms with Gasteiger partial charge in [-0.15, -0.1) is 11.3 Å². The highest BCUT2D eigenvalue weighted by Gasteiger charge is 2.39. The Morgan fingerprint density at radius 3 is 2.25 bits per heavy atom. The van der Waals surface area contributed by atoms with Crippen LogP contribution in [0.15, 0.2) is 108 Å². The van der Waals surface area contributed by atoms with Gasteiger partial charge in [-0.2, -0.15) is 0 Å². The molecule has 1 aliphatic heterocycles. The van der Waals surface area contributed by atoms with Crippen molar-refractivity contribution < 1.29 is 4.42 Å². The predicted octanol–water partition coefficient (Wildman–Crippen LogP) is 12.5. The highest BCUT2D eigenvalue weighted by Crippen LogP contribution is 2.51. The van der Waals surface area contributed by atoms with Crippen LogP contribution in [0.5, 0.6) is 0 Å². The predicted molar refractivity (Wildman–Crippen MR) is 228 cm³/mol. The molecule has 3 nitrogen and oxygen atoms in total. The number of fused-ring (bicyclic) bond motifs is 12. The van der Waals surface area contributed by atoms with Gasteiger partial charge in [0.15, 0.2) is 12.9 Å². The minimum absolute atomic E-state index is 0.0737. The van der Waals surface area contributed by atoms with E-state index in [4.69, 9.17) is 4.42 Å². The van der Waals surface area contributed by atoms with Gasteiger partial charge in [-0.05, 0) is 95.1 Å². The first-order valence-electron chi connectivity index (χ1n) is 18.9. The Balaban J connectivity index is 1.22. The van der Waals surface area contributed by atoms with Crippen LogP contribution in [0, 0.1) is 13.8 Å². The third kappa shape index (κ3) is 4.35. The van der Waals surface area contributed by atoms with E-state index in [1.807, 2.05) is 11.3 Å². The fourth-order valence-corrected chi connectivity index (χ4v) is 10.7. The quantitative estimate of drug-likeness (QED) is 0.182. The average Bonchev–Trinajstić information content (AvgIpc) is 3.83. The number of furan rings is 1. The third-order valence-electron chi connectivity index (χ3n) is 12.5. The van der Waals surface area contributed by atoms with Crippen LogP contribution in [0.25, 0.3) is 64.3 Å². The average molecular weight is 704 g/mol. The van der Waals surface area contributed by atoms with Gasteiger partial charge in [0.05, 0.1) is 21.4 Å². The largest absolute Gasteiger partial charge is 0.454 e. The Morgan fingerprint density at radius 1 is 0.679 bits per heavy atom. The van der Waals surface area contributed by atoms with Crippen LogP contribution in [0.2, 0.25) is 0 Å². The molecular weight excluding hydrogens is 663 g/mol. The summed E-state index contributed by atoms with van der Waals surface area (Å²) in [5.41, 5.74) is 18.3. The van der Waals surface area contributed by atoms with Gasteiger partial charge in [-0.1, -0.05) is 112 Å². The molecule has 6 aromatic carbocycles. The van der Waals surface area contributed by atoms with Gasteiger partial charge >= 0.3 is 0 Å². The number of aromatic amines is 1. The van der Waals surface area contributed by atoms with E-state index in [-0.39, 0.29) is 10.8 Å². The van der Waals surface area contributed by atoms with Crippen molar-refractivity contribution in [3.05, 3.63) is 125 Å². The van der Waals surface area contributed by atoms with Crippen molar-refractivity contribution in [2.24, 2.45) is 0 Å². The molecule has 257 valence electrons. The number of nitrogens with zero attached hydrogens (tertiary/aromatic N) is 1. The zero-order chi connectivity index (χ0) is 36.0. The lowest BCUT2D eigenvalue weighted by Gasteiger charge is -2.43. The fourth-order valence-electron chi connectivity index (χ4n) is 9.54. The summed E-state index contributed by atoms with van der Waals surface area (Å²) in [4.78, 5) is 6.47. The Bertz CT molecular complexity index is 3030. The summed E-state index contributed by atoms with van der Waals surface area (Å²) in [6.45, 7) is 14.2. The van der Waals surface area contributed by atoms with Crippen molar-refractivity contribution in [2.75, 3.05) is 4.90 Å². The number of H-pyrrole nitrogens is 1. The van der Waals surface area contributed by atoms with Gasteiger partial charge < -0.3 is 14.3 Å². The third-order valence-corrected chi connectivity index (χ3v) is 13.7. The number of aryl methyl sites for hydroxylation is 2. The number of aromatic nitrogens is 1. The Kier molecular flexibility index (Phi) is 6.30. The maximum absolute atomic E-state index is 6.84. The van der Waals surface area contributed by atoms with Crippen molar-refractivity contribution in [1.29, 1.82) is 0 Å². The zero-order valence-electron chi connectivity index (χ0n) is 31.1. The van der Waals surface area contributed by atoms with E-state index >= 15 is 0 Å². The van der Waals surface area contributed by atoms with Crippen LogP contribution >= 0.6 is 11.3 Å². The van der Waals surface area contributed by atoms with Crippen molar-refractivity contribution >= 4 is 99.7 Å². The highest BCUT2D eigenvalue weighted by atomic mass is 32.1. The van der Waals surface area contributed by atoms with Gasteiger partial charge in [0, 0.05) is 43.2 Å². The van der Waals surface area contributed by atoms with Crippen molar-refractivity contribution in [3.8, 4) is 11.1 Å². The summed E-state index contributed by atoms with van der Waals surface area (Å²) in [7, 11) is 2.41. The number of rotatable bonds is 2. The van der Waals surface area contributed by atoms with Crippen LogP contribution in [-0.2, 0) is 10.8 Å². The molecule has 1 radical (unpaired) electrons.